The molecular weight excluding hydrogens is 240 g/mol. The summed E-state index contributed by atoms with van der Waals surface area (Å²) in [6.07, 6.45) is 0. The van der Waals surface area contributed by atoms with Crippen molar-refractivity contribution in [3.8, 4) is 0 Å². The van der Waals surface area contributed by atoms with Crippen LogP contribution >= 0.6 is 24.0 Å². The summed E-state index contributed by atoms with van der Waals surface area (Å²) in [7, 11) is 0. The summed E-state index contributed by atoms with van der Waals surface area (Å²) in [5.74, 6) is 0.725. The van der Waals surface area contributed by atoms with E-state index in [9.17, 15) is 4.79 Å². The second kappa shape index (κ2) is 4.84. The van der Waals surface area contributed by atoms with Gasteiger partial charge in [0.2, 0.25) is 5.91 Å². The minimum absolute atomic E-state index is 0.00486. The van der Waals surface area contributed by atoms with Gasteiger partial charge >= 0.3 is 0 Å². The molecule has 3 N–H and O–H groups in total. The molecule has 1 aliphatic rings. The van der Waals surface area contributed by atoms with E-state index < -0.39 is 0 Å². The van der Waals surface area contributed by atoms with Crippen LogP contribution in [-0.4, -0.2) is 23.2 Å². The predicted molar refractivity (Wildman–Crippen MR) is 69.7 cm³/mol. The lowest BCUT2D eigenvalue weighted by Crippen LogP contribution is -2.35. The Kier molecular flexibility index (Phi) is 3.46. The molecule has 1 heterocycles. The lowest BCUT2D eigenvalue weighted by atomic mass is 10.0. The van der Waals surface area contributed by atoms with Crippen molar-refractivity contribution in [1.29, 1.82) is 0 Å². The minimum Gasteiger partial charge on any atom is -0.392 e. The van der Waals surface area contributed by atoms with Gasteiger partial charge in [0.1, 0.15) is 0 Å². The van der Waals surface area contributed by atoms with Gasteiger partial charge in [0, 0.05) is 10.6 Å². The zero-order chi connectivity index (χ0) is 11.5. The van der Waals surface area contributed by atoms with Gasteiger partial charge in [-0.1, -0.05) is 30.4 Å². The van der Waals surface area contributed by atoms with Crippen LogP contribution in [0.4, 0.5) is 0 Å². The van der Waals surface area contributed by atoms with Crippen molar-refractivity contribution in [3.05, 3.63) is 29.8 Å². The Hall–Kier alpha value is -1.07. The normalized spacial score (nSPS) is 17.9. The fraction of sp³-hybridized carbons (Fsp3) is 0.273. The maximum absolute atomic E-state index is 11.9. The molecule has 1 aliphatic heterocycles. The molecule has 1 amide bonds. The first kappa shape index (κ1) is 11.4. The molecule has 0 spiro atoms. The number of thiocarbonyl (C=S) groups is 1. The van der Waals surface area contributed by atoms with Crippen LogP contribution < -0.4 is 11.1 Å². The summed E-state index contributed by atoms with van der Waals surface area (Å²) >= 11 is 6.44. The third-order valence-electron chi connectivity index (χ3n) is 2.45. The van der Waals surface area contributed by atoms with Gasteiger partial charge in [-0.05, 0) is 11.6 Å². The number of carbonyl (C=O) groups excluding carboxylic acids is 1. The Morgan fingerprint density at radius 2 is 2.31 bits per heavy atom. The number of nitrogens with two attached hydrogens (primary N) is 1. The fourth-order valence-corrected chi connectivity index (χ4v) is 2.98. The molecule has 0 aromatic heterocycles. The van der Waals surface area contributed by atoms with E-state index in [1.54, 1.807) is 11.8 Å². The molecule has 1 aromatic rings. The van der Waals surface area contributed by atoms with Gasteiger partial charge in [0.15, 0.2) is 0 Å². The van der Waals surface area contributed by atoms with Crippen molar-refractivity contribution in [1.82, 2.24) is 5.32 Å². The van der Waals surface area contributed by atoms with Gasteiger partial charge < -0.3 is 11.1 Å². The standard InChI is InChI=1S/C11H12N2OS2/c12-10(15)5-13-11(14)8-6-16-9-4-2-1-3-7(8)9/h1-4,8H,5-6H2,(H2,12,15)(H,13,14). The van der Waals surface area contributed by atoms with Gasteiger partial charge in [0.25, 0.3) is 0 Å². The van der Waals surface area contributed by atoms with Crippen molar-refractivity contribution in [2.75, 3.05) is 12.3 Å². The van der Waals surface area contributed by atoms with Crippen LogP contribution in [0.5, 0.6) is 0 Å². The van der Waals surface area contributed by atoms with E-state index >= 15 is 0 Å². The smallest absolute Gasteiger partial charge is 0.228 e. The first-order valence-electron chi connectivity index (χ1n) is 4.96. The first-order chi connectivity index (χ1) is 7.68. The summed E-state index contributed by atoms with van der Waals surface area (Å²) in [6, 6.07) is 7.99. The Morgan fingerprint density at radius 3 is 3.06 bits per heavy atom. The molecule has 0 saturated heterocycles. The molecule has 84 valence electrons. The van der Waals surface area contributed by atoms with Crippen LogP contribution in [0.3, 0.4) is 0 Å². The third-order valence-corrected chi connectivity index (χ3v) is 3.78. The van der Waals surface area contributed by atoms with Crippen molar-refractivity contribution in [2.24, 2.45) is 5.73 Å². The highest BCUT2D eigenvalue weighted by molar-refractivity contribution is 7.99. The SMILES string of the molecule is NC(=S)CNC(=O)C1CSc2ccccc21. The summed E-state index contributed by atoms with van der Waals surface area (Å²) in [4.78, 5) is 13.4. The number of thioether (sulfide) groups is 1. The van der Waals surface area contributed by atoms with Gasteiger partial charge in [0.05, 0.1) is 17.5 Å². The number of benzene rings is 1. The highest BCUT2D eigenvalue weighted by Crippen LogP contribution is 2.39. The molecule has 0 bridgehead atoms. The number of fused-ring (bicyclic) bond motifs is 1. The van der Waals surface area contributed by atoms with Crippen LogP contribution in [0.1, 0.15) is 11.5 Å². The fourth-order valence-electron chi connectivity index (χ4n) is 1.68. The third kappa shape index (κ3) is 2.36. The molecule has 3 nitrogen and oxygen atoms in total. The zero-order valence-electron chi connectivity index (χ0n) is 8.60. The zero-order valence-corrected chi connectivity index (χ0v) is 10.2. The van der Waals surface area contributed by atoms with Crippen LogP contribution in [0.2, 0.25) is 0 Å². The first-order valence-corrected chi connectivity index (χ1v) is 6.35. The van der Waals surface area contributed by atoms with Crippen LogP contribution in [0, 0.1) is 0 Å². The average molecular weight is 252 g/mol. The maximum atomic E-state index is 11.9. The predicted octanol–water partition coefficient (Wildman–Crippen LogP) is 1.28. The van der Waals surface area contributed by atoms with Crippen LogP contribution in [0.15, 0.2) is 29.2 Å². The van der Waals surface area contributed by atoms with E-state index in [0.29, 0.717) is 4.99 Å². The summed E-state index contributed by atoms with van der Waals surface area (Å²) in [6.45, 7) is 0.275. The lowest BCUT2D eigenvalue weighted by Gasteiger charge is -2.10. The number of hydrogen-bond donors (Lipinski definition) is 2. The van der Waals surface area contributed by atoms with E-state index in [1.807, 2.05) is 24.3 Å². The second-order valence-corrected chi connectivity index (χ2v) is 5.17. The molecular formula is C11H12N2OS2. The van der Waals surface area contributed by atoms with Crippen LogP contribution in [0.25, 0.3) is 0 Å². The largest absolute Gasteiger partial charge is 0.392 e. The van der Waals surface area contributed by atoms with Gasteiger partial charge in [-0.3, -0.25) is 4.79 Å². The molecule has 2 rings (SSSR count). The van der Waals surface area contributed by atoms with Gasteiger partial charge in [-0.2, -0.15) is 0 Å². The van der Waals surface area contributed by atoms with Crippen molar-refractivity contribution in [3.63, 3.8) is 0 Å². The monoisotopic (exact) mass is 252 g/mol. The Bertz CT molecular complexity index is 434. The number of nitrogens with one attached hydrogen (secondary N) is 1. The Balaban J connectivity index is 2.07. The summed E-state index contributed by atoms with van der Waals surface area (Å²) < 4.78 is 0. The number of carbonyl (C=O) groups is 1. The minimum atomic E-state index is -0.0736. The molecule has 1 aromatic carbocycles. The lowest BCUT2D eigenvalue weighted by molar-refractivity contribution is -0.121. The molecule has 0 radical (unpaired) electrons. The van der Waals surface area contributed by atoms with E-state index in [2.05, 4.69) is 5.32 Å². The quantitative estimate of drug-likeness (QED) is 0.796. The average Bonchev–Trinajstić information content (AvgIpc) is 2.69. The van der Waals surface area contributed by atoms with E-state index in [1.165, 1.54) is 4.90 Å². The molecule has 1 unspecified atom stereocenters. The Labute approximate surface area is 104 Å². The number of amides is 1. The molecule has 0 saturated carbocycles. The summed E-state index contributed by atoms with van der Waals surface area (Å²) in [5, 5.41) is 2.75. The molecule has 0 fully saturated rings. The Morgan fingerprint density at radius 1 is 1.56 bits per heavy atom. The highest BCUT2D eigenvalue weighted by atomic mass is 32.2. The molecule has 1 atom stereocenters. The number of hydrogen-bond acceptors (Lipinski definition) is 3. The second-order valence-electron chi connectivity index (χ2n) is 3.59. The maximum Gasteiger partial charge on any atom is 0.228 e. The molecule has 5 heteroatoms. The molecule has 0 aliphatic carbocycles. The molecule has 16 heavy (non-hydrogen) atoms. The topological polar surface area (TPSA) is 55.1 Å². The summed E-state index contributed by atoms with van der Waals surface area (Å²) in [5.41, 5.74) is 6.45. The number of rotatable bonds is 3. The van der Waals surface area contributed by atoms with Crippen LogP contribution in [-0.2, 0) is 4.79 Å². The van der Waals surface area contributed by atoms with Gasteiger partial charge in [-0.15, -0.1) is 11.8 Å². The van der Waals surface area contributed by atoms with Crippen molar-refractivity contribution >= 4 is 34.9 Å². The van der Waals surface area contributed by atoms with E-state index in [4.69, 9.17) is 18.0 Å². The van der Waals surface area contributed by atoms with Crippen molar-refractivity contribution in [2.45, 2.75) is 10.8 Å². The van der Waals surface area contributed by atoms with E-state index in [0.717, 1.165) is 11.3 Å². The van der Waals surface area contributed by atoms with Gasteiger partial charge in [-0.25, -0.2) is 0 Å². The highest BCUT2D eigenvalue weighted by Gasteiger charge is 2.28. The van der Waals surface area contributed by atoms with E-state index in [-0.39, 0.29) is 18.4 Å². The van der Waals surface area contributed by atoms with Crippen molar-refractivity contribution < 1.29 is 4.79 Å².